The summed E-state index contributed by atoms with van der Waals surface area (Å²) >= 11 is 0. The van der Waals surface area contributed by atoms with Crippen molar-refractivity contribution in [3.8, 4) is 40.2 Å². The molecule has 0 fully saturated rings. The molecule has 1 unspecified atom stereocenters. The first-order valence-corrected chi connectivity index (χ1v) is 16.7. The van der Waals surface area contributed by atoms with E-state index in [9.17, 15) is 20.1 Å². The number of dihydropyridines is 1. The van der Waals surface area contributed by atoms with Crippen LogP contribution in [0.25, 0.3) is 55.6 Å². The largest absolute Gasteiger partial charge is 0.366 e. The summed E-state index contributed by atoms with van der Waals surface area (Å²) < 4.78 is 2.03. The minimum absolute atomic E-state index is 0.319. The Kier molecular flexibility index (Phi) is 7.10. The monoisotopic (exact) mass is 670 g/mol. The van der Waals surface area contributed by atoms with Crippen LogP contribution in [0.2, 0.25) is 0 Å². The number of nitrogens with one attached hydrogen (secondary N) is 1. The number of nitrogens with zero attached hydrogens (tertiary/aromatic N) is 5. The van der Waals surface area contributed by atoms with Crippen molar-refractivity contribution in [1.82, 2.24) is 14.9 Å². The van der Waals surface area contributed by atoms with E-state index in [2.05, 4.69) is 28.5 Å². The molecule has 7 aromatic rings. The molecule has 52 heavy (non-hydrogen) atoms. The van der Waals surface area contributed by atoms with Gasteiger partial charge in [-0.15, -0.1) is 0 Å². The van der Waals surface area contributed by atoms with Gasteiger partial charge in [-0.2, -0.15) is 10.5 Å². The van der Waals surface area contributed by atoms with Crippen LogP contribution in [0, 0.1) is 22.7 Å². The number of allylic oxidation sites excluding steroid dienone is 2. The lowest BCUT2D eigenvalue weighted by Crippen LogP contribution is -2.29. The van der Waals surface area contributed by atoms with Crippen LogP contribution in [0.3, 0.4) is 0 Å². The van der Waals surface area contributed by atoms with Crippen LogP contribution >= 0.6 is 0 Å². The molecule has 1 atom stereocenters. The van der Waals surface area contributed by atoms with Gasteiger partial charge in [0.15, 0.2) is 0 Å². The number of nitriles is 2. The zero-order chi connectivity index (χ0) is 35.3. The summed E-state index contributed by atoms with van der Waals surface area (Å²) in [4.78, 5) is 34.1. The number of fused-ring (bicyclic) bond motifs is 4. The maximum atomic E-state index is 14.4. The number of pyridine rings is 1. The molecule has 8 nitrogen and oxygen atoms in total. The Bertz CT molecular complexity index is 2780. The van der Waals surface area contributed by atoms with Gasteiger partial charge in [0.1, 0.15) is 17.8 Å². The number of benzene rings is 5. The van der Waals surface area contributed by atoms with Crippen molar-refractivity contribution in [3.63, 3.8) is 0 Å². The highest BCUT2D eigenvalue weighted by Crippen LogP contribution is 2.40. The Morgan fingerprint density at radius 2 is 1.37 bits per heavy atom. The number of imide groups is 1. The first kappa shape index (κ1) is 30.5. The smallest absolute Gasteiger partial charge is 0.268 e. The molecule has 8 heteroatoms. The van der Waals surface area contributed by atoms with Crippen molar-refractivity contribution in [1.29, 1.82) is 10.5 Å². The Balaban J connectivity index is 1.21. The predicted octanol–water partition coefficient (Wildman–Crippen LogP) is 8.58. The van der Waals surface area contributed by atoms with Crippen LogP contribution < -0.4 is 10.2 Å². The maximum absolute atomic E-state index is 14.4. The number of aromatic nitrogens is 2. The third-order valence-electron chi connectivity index (χ3n) is 9.62. The van der Waals surface area contributed by atoms with Crippen LogP contribution in [0.5, 0.6) is 0 Å². The molecule has 0 saturated heterocycles. The Labute approximate surface area is 298 Å². The molecular weight excluding hydrogens is 645 g/mol. The number of carbonyl (C=O) groups excluding carboxylic acids is 2. The molecule has 244 valence electrons. The van der Waals surface area contributed by atoms with Gasteiger partial charge in [0.25, 0.3) is 11.8 Å². The molecule has 1 N–H and O–H groups in total. The SMILES string of the molecule is N#Cc1cccc(-c2ccc3c(c2)c2cc(C4=CC=CC(C#N)N4)ccc2n3-c2cccc3c2C(=O)N(c2ccc(-c4ccccc4)cc2)C3=O)n1. The fraction of sp³-hybridized carbons (Fsp3) is 0.0227. The molecule has 2 aromatic heterocycles. The van der Waals surface area contributed by atoms with E-state index >= 15 is 0 Å². The van der Waals surface area contributed by atoms with E-state index in [4.69, 9.17) is 0 Å². The van der Waals surface area contributed by atoms with Crippen LogP contribution in [0.15, 0.2) is 146 Å². The van der Waals surface area contributed by atoms with Crippen LogP contribution in [0.1, 0.15) is 32.0 Å². The standard InChI is InChI=1S/C44H26N6O2/c45-25-31-9-4-12-37(47-31)29-17-21-39-35(23-29)36-24-30(38-13-5-10-32(26-46)48-38)18-22-40(36)50(39)41-14-6-11-34-42(41)44(52)49(43(34)51)33-19-15-28(16-20-33)27-7-2-1-3-8-27/h1-24,31,47H. The number of carbonyl (C=O) groups is 2. The van der Waals surface area contributed by atoms with Crippen LogP contribution in [0.4, 0.5) is 5.69 Å². The zero-order valence-electron chi connectivity index (χ0n) is 27.5. The van der Waals surface area contributed by atoms with E-state index in [-0.39, 0.29) is 5.91 Å². The highest BCUT2D eigenvalue weighted by atomic mass is 16.2. The molecule has 5 aromatic carbocycles. The molecule has 0 aliphatic carbocycles. The second-order valence-corrected chi connectivity index (χ2v) is 12.6. The van der Waals surface area contributed by atoms with Gasteiger partial charge in [-0.25, -0.2) is 9.88 Å². The average Bonchev–Trinajstić information content (AvgIpc) is 3.67. The summed E-state index contributed by atoms with van der Waals surface area (Å²) in [5.41, 5.74) is 8.94. The van der Waals surface area contributed by atoms with Crippen molar-refractivity contribution >= 4 is 45.0 Å². The lowest BCUT2D eigenvalue weighted by Gasteiger charge is -2.17. The highest BCUT2D eigenvalue weighted by Gasteiger charge is 2.39. The van der Waals surface area contributed by atoms with Gasteiger partial charge < -0.3 is 9.88 Å². The van der Waals surface area contributed by atoms with Crippen LogP contribution in [-0.2, 0) is 0 Å². The molecule has 9 rings (SSSR count). The molecule has 2 amide bonds. The molecule has 0 radical (unpaired) electrons. The lowest BCUT2D eigenvalue weighted by atomic mass is 10.0. The van der Waals surface area contributed by atoms with E-state index in [0.717, 1.165) is 49.8 Å². The van der Waals surface area contributed by atoms with Crippen molar-refractivity contribution in [3.05, 3.63) is 168 Å². The lowest BCUT2D eigenvalue weighted by molar-refractivity contribution is 0.0926. The van der Waals surface area contributed by atoms with Gasteiger partial charge in [0, 0.05) is 22.0 Å². The van der Waals surface area contributed by atoms with Gasteiger partial charge in [-0.05, 0) is 89.5 Å². The van der Waals surface area contributed by atoms with Crippen molar-refractivity contribution in [2.45, 2.75) is 6.04 Å². The number of amides is 2. The predicted molar refractivity (Wildman–Crippen MR) is 201 cm³/mol. The number of hydrogen-bond acceptors (Lipinski definition) is 6. The second kappa shape index (κ2) is 12.1. The Hall–Kier alpha value is -7.55. The van der Waals surface area contributed by atoms with Gasteiger partial charge >= 0.3 is 0 Å². The molecule has 0 saturated carbocycles. The molecule has 2 aliphatic rings. The molecule has 2 aliphatic heterocycles. The zero-order valence-corrected chi connectivity index (χ0v) is 27.5. The molecule has 0 bridgehead atoms. The summed E-state index contributed by atoms with van der Waals surface area (Å²) in [7, 11) is 0. The third-order valence-corrected chi connectivity index (χ3v) is 9.62. The highest BCUT2D eigenvalue weighted by molar-refractivity contribution is 6.35. The summed E-state index contributed by atoms with van der Waals surface area (Å²) in [6, 6.07) is 44.1. The first-order valence-electron chi connectivity index (χ1n) is 16.7. The molecular formula is C44H26N6O2. The summed E-state index contributed by atoms with van der Waals surface area (Å²) in [6.07, 6.45) is 5.61. The second-order valence-electron chi connectivity index (χ2n) is 12.6. The van der Waals surface area contributed by atoms with Gasteiger partial charge in [0.05, 0.1) is 45.3 Å². The van der Waals surface area contributed by atoms with Crippen LogP contribution in [-0.4, -0.2) is 27.4 Å². The van der Waals surface area contributed by atoms with Crippen molar-refractivity contribution < 1.29 is 9.59 Å². The van der Waals surface area contributed by atoms with Crippen molar-refractivity contribution in [2.75, 3.05) is 4.90 Å². The summed E-state index contributed by atoms with van der Waals surface area (Å²) in [5, 5.41) is 24.1. The quantitative estimate of drug-likeness (QED) is 0.184. The third kappa shape index (κ3) is 4.86. The number of rotatable bonds is 5. The minimum Gasteiger partial charge on any atom is -0.366 e. The fourth-order valence-electron chi connectivity index (χ4n) is 7.17. The topological polar surface area (TPSA) is 115 Å². The van der Waals surface area contributed by atoms with E-state index in [1.165, 1.54) is 4.90 Å². The van der Waals surface area contributed by atoms with Gasteiger partial charge in [0.2, 0.25) is 0 Å². The summed E-state index contributed by atoms with van der Waals surface area (Å²) in [6.45, 7) is 0. The van der Waals surface area contributed by atoms with Gasteiger partial charge in [-0.3, -0.25) is 9.59 Å². The van der Waals surface area contributed by atoms with E-state index in [1.54, 1.807) is 18.2 Å². The van der Waals surface area contributed by atoms with Gasteiger partial charge in [-0.1, -0.05) is 72.8 Å². The Morgan fingerprint density at radius 3 is 2.12 bits per heavy atom. The van der Waals surface area contributed by atoms with E-state index in [0.29, 0.717) is 33.9 Å². The minimum atomic E-state index is -0.449. The number of anilines is 1. The fourth-order valence-corrected chi connectivity index (χ4v) is 7.17. The summed E-state index contributed by atoms with van der Waals surface area (Å²) in [5.74, 6) is -0.770. The van der Waals surface area contributed by atoms with E-state index in [1.807, 2.05) is 126 Å². The Morgan fingerprint density at radius 1 is 0.673 bits per heavy atom. The molecule has 0 spiro atoms. The molecule has 4 heterocycles. The first-order chi connectivity index (χ1) is 25.5. The normalized spacial score (nSPS) is 14.9. The van der Waals surface area contributed by atoms with Crippen molar-refractivity contribution in [2.24, 2.45) is 0 Å². The maximum Gasteiger partial charge on any atom is 0.268 e. The number of hydrogen-bond donors (Lipinski definition) is 1. The van der Waals surface area contributed by atoms with E-state index < -0.39 is 11.9 Å². The average molecular weight is 671 g/mol.